The van der Waals surface area contributed by atoms with E-state index in [-0.39, 0.29) is 24.1 Å². The molecule has 0 bridgehead atoms. The van der Waals surface area contributed by atoms with Crippen molar-refractivity contribution in [1.82, 2.24) is 0 Å². The number of hydrogen-bond acceptors (Lipinski definition) is 4. The molecule has 2 N–H and O–H groups in total. The molecule has 0 aliphatic rings. The van der Waals surface area contributed by atoms with E-state index in [2.05, 4.69) is 6.92 Å². The summed E-state index contributed by atoms with van der Waals surface area (Å²) in [6.45, 7) is 7.18. The van der Waals surface area contributed by atoms with Crippen molar-refractivity contribution in [2.45, 2.75) is 72.6 Å². The van der Waals surface area contributed by atoms with E-state index < -0.39 is 35.7 Å². The molecule has 0 aliphatic heterocycles. The van der Waals surface area contributed by atoms with Gasteiger partial charge in [0, 0.05) is 11.9 Å². The van der Waals surface area contributed by atoms with E-state index in [4.69, 9.17) is 0 Å². The van der Waals surface area contributed by atoms with Gasteiger partial charge in [-0.25, -0.2) is 0 Å². The number of carbonyl (C=O) groups excluding carboxylic acids is 1. The molecule has 3 atom stereocenters. The molecule has 0 aromatic rings. The van der Waals surface area contributed by atoms with Gasteiger partial charge in [-0.05, 0) is 32.8 Å². The highest BCUT2D eigenvalue weighted by molar-refractivity contribution is 5.70. The largest absolute Gasteiger partial charge is 0.550 e. The molecule has 0 amide bonds. The van der Waals surface area contributed by atoms with E-state index in [9.17, 15) is 29.7 Å². The van der Waals surface area contributed by atoms with Gasteiger partial charge in [-0.3, -0.25) is 14.1 Å². The molecule has 7 heteroatoms. The van der Waals surface area contributed by atoms with Crippen LogP contribution in [0.2, 0.25) is 0 Å². The number of quaternary nitrogens is 1. The van der Waals surface area contributed by atoms with Crippen LogP contribution >= 0.6 is 0 Å². The van der Waals surface area contributed by atoms with E-state index in [0.717, 1.165) is 19.3 Å². The van der Waals surface area contributed by atoms with Gasteiger partial charge < -0.3 is 20.1 Å². The molecule has 29 heavy (non-hydrogen) atoms. The molecule has 0 saturated carbocycles. The quantitative estimate of drug-likeness (QED) is 0.280. The van der Waals surface area contributed by atoms with Crippen LogP contribution in [-0.2, 0) is 14.4 Å². The van der Waals surface area contributed by atoms with Crippen LogP contribution in [0, 0.1) is 17.8 Å². The fraction of sp³-hybridized carbons (Fsp3) is 0.773. The predicted octanol–water partition coefficient (Wildman–Crippen LogP) is 2.89. The highest BCUT2D eigenvalue weighted by Gasteiger charge is 2.35. The fourth-order valence-electron chi connectivity index (χ4n) is 3.61. The minimum absolute atomic E-state index is 0.00587. The summed E-state index contributed by atoms with van der Waals surface area (Å²) >= 11 is 0. The van der Waals surface area contributed by atoms with Crippen LogP contribution in [0.15, 0.2) is 12.3 Å². The molecular weight excluding hydrogens is 374 g/mol. The Morgan fingerprint density at radius 1 is 0.828 bits per heavy atom. The molecule has 7 nitrogen and oxygen atoms in total. The SMILES string of the molecule is CCCCCCCC/C=C/[N+](CC(C)C(=O)[O-])(CC(C)C(=O)O)CC(C)C(=O)O. The number of carboxylic acid groups (broad SMARTS) is 3. The van der Waals surface area contributed by atoms with Crippen molar-refractivity contribution in [1.29, 1.82) is 0 Å². The molecule has 0 rings (SSSR count). The molecule has 0 radical (unpaired) electrons. The molecule has 0 saturated heterocycles. The summed E-state index contributed by atoms with van der Waals surface area (Å²) in [5.74, 6) is -5.48. The Morgan fingerprint density at radius 2 is 1.28 bits per heavy atom. The maximum Gasteiger partial charge on any atom is 0.311 e. The summed E-state index contributed by atoms with van der Waals surface area (Å²) in [7, 11) is 0. The van der Waals surface area contributed by atoms with Crippen molar-refractivity contribution in [2.75, 3.05) is 19.6 Å². The molecule has 0 aliphatic carbocycles. The molecular formula is C22H39NO6. The fourth-order valence-corrected chi connectivity index (χ4v) is 3.61. The number of rotatable bonds is 17. The average Bonchev–Trinajstić information content (AvgIpc) is 2.63. The van der Waals surface area contributed by atoms with Crippen molar-refractivity contribution in [2.24, 2.45) is 17.8 Å². The predicted molar refractivity (Wildman–Crippen MR) is 110 cm³/mol. The molecule has 0 spiro atoms. The zero-order valence-electron chi connectivity index (χ0n) is 18.4. The monoisotopic (exact) mass is 413 g/mol. The number of aliphatic carboxylic acids is 3. The van der Waals surface area contributed by atoms with Crippen molar-refractivity contribution in [3.63, 3.8) is 0 Å². The van der Waals surface area contributed by atoms with Gasteiger partial charge in [-0.2, -0.15) is 0 Å². The Labute approximate surface area is 175 Å². The topological polar surface area (TPSA) is 115 Å². The summed E-state index contributed by atoms with van der Waals surface area (Å²) in [6.07, 6.45) is 11.5. The Bertz CT molecular complexity index is 490. The molecule has 3 unspecified atom stereocenters. The summed E-state index contributed by atoms with van der Waals surface area (Å²) in [6, 6.07) is 0. The van der Waals surface area contributed by atoms with E-state index in [1.165, 1.54) is 32.6 Å². The highest BCUT2D eigenvalue weighted by atomic mass is 16.4. The number of carbonyl (C=O) groups is 3. The first-order valence-corrected chi connectivity index (χ1v) is 10.7. The van der Waals surface area contributed by atoms with Gasteiger partial charge in [0.25, 0.3) is 0 Å². The number of allylic oxidation sites excluding steroid dienone is 1. The van der Waals surface area contributed by atoms with Crippen LogP contribution in [0.5, 0.6) is 0 Å². The minimum atomic E-state index is -1.22. The lowest BCUT2D eigenvalue weighted by atomic mass is 10.0. The van der Waals surface area contributed by atoms with Gasteiger partial charge in [-0.1, -0.05) is 46.0 Å². The van der Waals surface area contributed by atoms with Crippen molar-refractivity contribution in [3.8, 4) is 0 Å². The third-order valence-corrected chi connectivity index (χ3v) is 5.30. The number of nitrogens with zero attached hydrogens (tertiary/aromatic N) is 1. The maximum absolute atomic E-state index is 11.4. The normalized spacial score (nSPS) is 16.8. The second-order valence-corrected chi connectivity index (χ2v) is 8.41. The molecule has 0 aromatic heterocycles. The van der Waals surface area contributed by atoms with E-state index in [0.29, 0.717) is 0 Å². The van der Waals surface area contributed by atoms with Gasteiger partial charge >= 0.3 is 11.9 Å². The zero-order chi connectivity index (χ0) is 22.4. The smallest absolute Gasteiger partial charge is 0.311 e. The Kier molecular flexibility index (Phi) is 13.2. The average molecular weight is 414 g/mol. The first-order valence-electron chi connectivity index (χ1n) is 10.7. The van der Waals surface area contributed by atoms with Crippen LogP contribution in [0.3, 0.4) is 0 Å². The minimum Gasteiger partial charge on any atom is -0.550 e. The van der Waals surface area contributed by atoms with Gasteiger partial charge in [0.05, 0.1) is 25.8 Å². The van der Waals surface area contributed by atoms with Crippen molar-refractivity contribution in [3.05, 3.63) is 12.3 Å². The van der Waals surface area contributed by atoms with Crippen LogP contribution in [0.4, 0.5) is 0 Å². The third kappa shape index (κ3) is 11.6. The van der Waals surface area contributed by atoms with Gasteiger partial charge in [-0.15, -0.1) is 0 Å². The van der Waals surface area contributed by atoms with Crippen molar-refractivity contribution >= 4 is 17.9 Å². The summed E-state index contributed by atoms with van der Waals surface area (Å²) in [5, 5.41) is 30.1. The second-order valence-electron chi connectivity index (χ2n) is 8.41. The van der Waals surface area contributed by atoms with Gasteiger partial charge in [0.1, 0.15) is 11.8 Å². The van der Waals surface area contributed by atoms with Gasteiger partial charge in [0.2, 0.25) is 0 Å². The van der Waals surface area contributed by atoms with E-state index in [1.54, 1.807) is 13.8 Å². The lowest BCUT2D eigenvalue weighted by Gasteiger charge is -2.39. The summed E-state index contributed by atoms with van der Waals surface area (Å²) < 4.78 is 0.00587. The van der Waals surface area contributed by atoms with Crippen LogP contribution in [-0.4, -0.2) is 52.2 Å². The Hall–Kier alpha value is -1.89. The summed E-state index contributed by atoms with van der Waals surface area (Å²) in [5.41, 5.74) is 0. The second kappa shape index (κ2) is 14.1. The lowest BCUT2D eigenvalue weighted by molar-refractivity contribution is -0.886. The number of hydrogen-bond donors (Lipinski definition) is 2. The maximum atomic E-state index is 11.4. The Balaban J connectivity index is 5.39. The van der Waals surface area contributed by atoms with Crippen molar-refractivity contribution < 1.29 is 34.2 Å². The van der Waals surface area contributed by atoms with Crippen LogP contribution in [0.25, 0.3) is 0 Å². The van der Waals surface area contributed by atoms with Crippen LogP contribution < -0.4 is 5.11 Å². The molecule has 168 valence electrons. The summed E-state index contributed by atoms with van der Waals surface area (Å²) in [4.78, 5) is 34.2. The first kappa shape index (κ1) is 27.1. The standard InChI is InChI=1S/C22H39NO6/c1-5-6-7-8-9-10-11-12-13-23(14-17(2)20(24)25,15-18(3)21(26)27)16-19(4)22(28)29/h12-13,17-19H,5-11,14-16H2,1-4H3,(H2-,24,25,26,27,28,29)/b13-12+. The van der Waals surface area contributed by atoms with E-state index >= 15 is 0 Å². The number of carboxylic acids is 3. The zero-order valence-corrected chi connectivity index (χ0v) is 18.4. The van der Waals surface area contributed by atoms with Gasteiger partial charge in [0.15, 0.2) is 0 Å². The molecule has 0 fully saturated rings. The van der Waals surface area contributed by atoms with E-state index in [1.807, 2.05) is 12.3 Å². The first-order chi connectivity index (χ1) is 13.5. The number of unbranched alkanes of at least 4 members (excludes halogenated alkanes) is 6. The molecule has 0 heterocycles. The highest BCUT2D eigenvalue weighted by Crippen LogP contribution is 2.21. The lowest BCUT2D eigenvalue weighted by Crippen LogP contribution is -2.54. The Morgan fingerprint density at radius 3 is 1.72 bits per heavy atom. The third-order valence-electron chi connectivity index (χ3n) is 5.30. The molecule has 0 aromatic carbocycles. The van der Waals surface area contributed by atoms with Crippen LogP contribution in [0.1, 0.15) is 72.6 Å².